The second-order valence-corrected chi connectivity index (χ2v) is 6.17. The van der Waals surface area contributed by atoms with Crippen LogP contribution in [-0.4, -0.2) is 10.1 Å². The normalized spacial score (nSPS) is 12.6. The summed E-state index contributed by atoms with van der Waals surface area (Å²) in [7, 11) is 0. The van der Waals surface area contributed by atoms with Crippen LogP contribution < -0.4 is 0 Å². The van der Waals surface area contributed by atoms with Crippen LogP contribution in [0.25, 0.3) is 0 Å². The zero-order valence-corrected chi connectivity index (χ0v) is 12.9. The smallest absolute Gasteiger partial charge is 0.240 e. The molecule has 0 aliphatic rings. The molecule has 1 aromatic heterocycles. The minimum Gasteiger partial charge on any atom is -0.338 e. The Hall–Kier alpha value is -0.520. The molecule has 0 saturated heterocycles. The zero-order valence-electron chi connectivity index (χ0n) is 9.77. The molecule has 0 saturated carbocycles. The average Bonchev–Trinajstić information content (AvgIpc) is 2.86. The van der Waals surface area contributed by atoms with E-state index in [0.29, 0.717) is 17.5 Å². The Kier molecular flexibility index (Phi) is 5.09. The SMILES string of the molecule is CCC(Br)c1nc(CSc2ccccc2Cl)no1. The number of alkyl halides is 1. The molecule has 96 valence electrons. The molecule has 0 aliphatic carbocycles. The van der Waals surface area contributed by atoms with Crippen molar-refractivity contribution >= 4 is 39.3 Å². The summed E-state index contributed by atoms with van der Waals surface area (Å²) in [5, 5.41) is 4.70. The van der Waals surface area contributed by atoms with Crippen molar-refractivity contribution in [2.24, 2.45) is 0 Å². The van der Waals surface area contributed by atoms with Gasteiger partial charge in [0.05, 0.1) is 15.6 Å². The number of hydrogen-bond donors (Lipinski definition) is 0. The summed E-state index contributed by atoms with van der Waals surface area (Å²) in [5.74, 6) is 1.97. The summed E-state index contributed by atoms with van der Waals surface area (Å²) in [4.78, 5) is 5.49. The fourth-order valence-corrected chi connectivity index (χ4v) is 2.60. The van der Waals surface area contributed by atoms with Crippen LogP contribution in [0.2, 0.25) is 5.02 Å². The molecule has 0 amide bonds. The predicted octanol–water partition coefficient (Wildman–Crippen LogP) is 4.86. The summed E-state index contributed by atoms with van der Waals surface area (Å²) in [6.45, 7) is 2.06. The van der Waals surface area contributed by atoms with Gasteiger partial charge in [-0.25, -0.2) is 0 Å². The Morgan fingerprint density at radius 2 is 2.22 bits per heavy atom. The van der Waals surface area contributed by atoms with Crippen molar-refractivity contribution in [2.45, 2.75) is 28.8 Å². The number of halogens is 2. The maximum absolute atomic E-state index is 6.08. The predicted molar refractivity (Wildman–Crippen MR) is 77.3 cm³/mol. The van der Waals surface area contributed by atoms with Gasteiger partial charge >= 0.3 is 0 Å². The van der Waals surface area contributed by atoms with Crippen LogP contribution in [0.3, 0.4) is 0 Å². The maximum Gasteiger partial charge on any atom is 0.240 e. The molecule has 18 heavy (non-hydrogen) atoms. The molecule has 1 aromatic carbocycles. The van der Waals surface area contributed by atoms with E-state index in [-0.39, 0.29) is 4.83 Å². The molecule has 0 fully saturated rings. The number of thioether (sulfide) groups is 1. The van der Waals surface area contributed by atoms with Gasteiger partial charge in [-0.1, -0.05) is 51.7 Å². The van der Waals surface area contributed by atoms with Gasteiger partial charge in [-0.2, -0.15) is 4.98 Å². The number of nitrogens with zero attached hydrogens (tertiary/aromatic N) is 2. The van der Waals surface area contributed by atoms with Gasteiger partial charge in [0.2, 0.25) is 5.89 Å². The van der Waals surface area contributed by atoms with Crippen LogP contribution in [0.1, 0.15) is 29.9 Å². The molecule has 1 heterocycles. The Morgan fingerprint density at radius 3 is 2.94 bits per heavy atom. The third kappa shape index (κ3) is 3.49. The van der Waals surface area contributed by atoms with Crippen LogP contribution in [0.15, 0.2) is 33.7 Å². The molecular weight excluding hydrogens is 336 g/mol. The second-order valence-electron chi connectivity index (χ2n) is 3.64. The van der Waals surface area contributed by atoms with Gasteiger partial charge in [-0.15, -0.1) is 11.8 Å². The molecule has 0 radical (unpaired) electrons. The van der Waals surface area contributed by atoms with E-state index >= 15 is 0 Å². The first-order chi connectivity index (χ1) is 8.70. The summed E-state index contributed by atoms with van der Waals surface area (Å²) in [6, 6.07) is 7.72. The van der Waals surface area contributed by atoms with E-state index in [1.807, 2.05) is 24.3 Å². The third-order valence-electron chi connectivity index (χ3n) is 2.30. The van der Waals surface area contributed by atoms with Crippen molar-refractivity contribution in [1.29, 1.82) is 0 Å². The highest BCUT2D eigenvalue weighted by Crippen LogP contribution is 2.30. The van der Waals surface area contributed by atoms with Gasteiger partial charge in [-0.3, -0.25) is 0 Å². The second kappa shape index (κ2) is 6.59. The largest absolute Gasteiger partial charge is 0.338 e. The molecule has 0 N–H and O–H groups in total. The first-order valence-electron chi connectivity index (χ1n) is 5.54. The first-order valence-corrected chi connectivity index (χ1v) is 7.82. The van der Waals surface area contributed by atoms with Crippen LogP contribution in [0, 0.1) is 0 Å². The van der Waals surface area contributed by atoms with E-state index in [0.717, 1.165) is 16.3 Å². The van der Waals surface area contributed by atoms with E-state index < -0.39 is 0 Å². The lowest BCUT2D eigenvalue weighted by atomic mass is 10.3. The fourth-order valence-electron chi connectivity index (χ4n) is 1.33. The Balaban J connectivity index is 1.98. The van der Waals surface area contributed by atoms with Gasteiger partial charge in [0.25, 0.3) is 0 Å². The Morgan fingerprint density at radius 1 is 1.44 bits per heavy atom. The maximum atomic E-state index is 6.08. The minimum atomic E-state index is 0.129. The lowest BCUT2D eigenvalue weighted by Gasteiger charge is -2.00. The van der Waals surface area contributed by atoms with Crippen LogP contribution in [0.4, 0.5) is 0 Å². The van der Waals surface area contributed by atoms with Crippen LogP contribution in [-0.2, 0) is 5.75 Å². The fraction of sp³-hybridized carbons (Fsp3) is 0.333. The molecule has 6 heteroatoms. The van der Waals surface area contributed by atoms with E-state index in [9.17, 15) is 0 Å². The molecule has 2 aromatic rings. The minimum absolute atomic E-state index is 0.129. The lowest BCUT2D eigenvalue weighted by molar-refractivity contribution is 0.372. The van der Waals surface area contributed by atoms with E-state index in [1.54, 1.807) is 11.8 Å². The molecule has 1 atom stereocenters. The summed E-state index contributed by atoms with van der Waals surface area (Å²) < 4.78 is 5.18. The zero-order chi connectivity index (χ0) is 13.0. The van der Waals surface area contributed by atoms with Crippen molar-refractivity contribution in [1.82, 2.24) is 10.1 Å². The molecule has 0 bridgehead atoms. The highest BCUT2D eigenvalue weighted by atomic mass is 79.9. The highest BCUT2D eigenvalue weighted by molar-refractivity contribution is 9.09. The molecule has 0 spiro atoms. The van der Waals surface area contributed by atoms with Gasteiger partial charge in [0.15, 0.2) is 5.82 Å². The topological polar surface area (TPSA) is 38.9 Å². The molecule has 3 nitrogen and oxygen atoms in total. The number of aromatic nitrogens is 2. The number of hydrogen-bond acceptors (Lipinski definition) is 4. The Labute approximate surface area is 123 Å². The average molecular weight is 348 g/mol. The van der Waals surface area contributed by atoms with E-state index in [1.165, 1.54) is 0 Å². The Bertz CT molecular complexity index is 520. The van der Waals surface area contributed by atoms with Crippen LogP contribution in [0.5, 0.6) is 0 Å². The first kappa shape index (κ1) is 13.9. The summed E-state index contributed by atoms with van der Waals surface area (Å²) in [6.07, 6.45) is 0.916. The van der Waals surface area contributed by atoms with Gasteiger partial charge in [0, 0.05) is 4.90 Å². The highest BCUT2D eigenvalue weighted by Gasteiger charge is 2.14. The number of rotatable bonds is 5. The standard InChI is InChI=1S/C12H12BrClN2OS/c1-2-8(13)12-15-11(16-17-12)7-18-10-6-4-3-5-9(10)14/h3-6,8H,2,7H2,1H3. The van der Waals surface area contributed by atoms with Crippen molar-refractivity contribution in [3.8, 4) is 0 Å². The van der Waals surface area contributed by atoms with Crippen LogP contribution >= 0.6 is 39.3 Å². The molecular formula is C12H12BrClN2OS. The van der Waals surface area contributed by atoms with E-state index in [2.05, 4.69) is 33.0 Å². The van der Waals surface area contributed by atoms with E-state index in [4.69, 9.17) is 16.1 Å². The van der Waals surface area contributed by atoms with Gasteiger partial charge < -0.3 is 4.52 Å². The molecule has 2 rings (SSSR count). The number of benzene rings is 1. The third-order valence-corrected chi connectivity index (χ3v) is 4.85. The monoisotopic (exact) mass is 346 g/mol. The van der Waals surface area contributed by atoms with Gasteiger partial charge in [0.1, 0.15) is 0 Å². The van der Waals surface area contributed by atoms with Crippen molar-refractivity contribution in [2.75, 3.05) is 0 Å². The van der Waals surface area contributed by atoms with Crippen molar-refractivity contribution in [3.63, 3.8) is 0 Å². The lowest BCUT2D eigenvalue weighted by Crippen LogP contribution is -1.89. The summed E-state index contributed by atoms with van der Waals surface area (Å²) in [5.41, 5.74) is 0. The van der Waals surface area contributed by atoms with Crippen molar-refractivity contribution in [3.05, 3.63) is 41.0 Å². The quantitative estimate of drug-likeness (QED) is 0.572. The molecule has 1 unspecified atom stereocenters. The van der Waals surface area contributed by atoms with Gasteiger partial charge in [-0.05, 0) is 18.6 Å². The van der Waals surface area contributed by atoms with Crippen molar-refractivity contribution < 1.29 is 4.52 Å². The summed E-state index contributed by atoms with van der Waals surface area (Å²) >= 11 is 11.2. The molecule has 0 aliphatic heterocycles.